The molecule has 1 aromatic heterocycles. The van der Waals surface area contributed by atoms with Gasteiger partial charge in [-0.1, -0.05) is 44.7 Å². The number of anilines is 1. The van der Waals surface area contributed by atoms with Gasteiger partial charge in [0.2, 0.25) is 5.91 Å². The summed E-state index contributed by atoms with van der Waals surface area (Å²) in [6.45, 7) is 9.24. The van der Waals surface area contributed by atoms with E-state index < -0.39 is 0 Å². The molecule has 2 aromatic rings. The number of unbranched alkanes of at least 4 members (excludes halogenated alkanes) is 4. The molecule has 174 valence electrons. The number of rotatable bonds is 9. The minimum atomic E-state index is -0.228. The van der Waals surface area contributed by atoms with Gasteiger partial charge in [0.15, 0.2) is 0 Å². The number of aryl methyl sites for hydroxylation is 2. The molecule has 2 heterocycles. The summed E-state index contributed by atoms with van der Waals surface area (Å²) >= 11 is 0. The highest BCUT2D eigenvalue weighted by molar-refractivity contribution is 5.76. The minimum absolute atomic E-state index is 0.228. The van der Waals surface area contributed by atoms with Crippen molar-refractivity contribution in [3.05, 3.63) is 52.7 Å². The Morgan fingerprint density at radius 2 is 1.84 bits per heavy atom. The van der Waals surface area contributed by atoms with E-state index in [2.05, 4.69) is 16.8 Å². The van der Waals surface area contributed by atoms with E-state index in [4.69, 9.17) is 4.98 Å². The van der Waals surface area contributed by atoms with Gasteiger partial charge in [-0.05, 0) is 44.4 Å². The molecule has 1 aromatic carbocycles. The average Bonchev–Trinajstić information content (AvgIpc) is 3.01. The van der Waals surface area contributed by atoms with E-state index >= 15 is 0 Å². The van der Waals surface area contributed by atoms with Crippen LogP contribution in [0, 0.1) is 19.7 Å². The predicted molar refractivity (Wildman–Crippen MR) is 127 cm³/mol. The summed E-state index contributed by atoms with van der Waals surface area (Å²) in [6.07, 6.45) is 7.99. The molecule has 0 unspecified atom stereocenters. The lowest BCUT2D eigenvalue weighted by molar-refractivity contribution is -0.131. The molecule has 0 radical (unpaired) electrons. The molecule has 1 aliphatic rings. The second-order valence-electron chi connectivity index (χ2n) is 8.85. The maximum atomic E-state index is 13.7. The van der Waals surface area contributed by atoms with Crippen LogP contribution in [0.25, 0.3) is 0 Å². The van der Waals surface area contributed by atoms with Crippen molar-refractivity contribution < 1.29 is 9.18 Å². The molecule has 1 fully saturated rings. The summed E-state index contributed by atoms with van der Waals surface area (Å²) in [6, 6.07) is 6.72. The van der Waals surface area contributed by atoms with E-state index in [0.717, 1.165) is 73.9 Å². The van der Waals surface area contributed by atoms with Gasteiger partial charge >= 0.3 is 0 Å². The Balaban J connectivity index is 1.68. The number of hydrogen-bond acceptors (Lipinski definition) is 4. The number of benzene rings is 1. The van der Waals surface area contributed by atoms with Crippen molar-refractivity contribution >= 4 is 11.7 Å². The zero-order valence-corrected chi connectivity index (χ0v) is 19.9. The lowest BCUT2D eigenvalue weighted by Crippen LogP contribution is -2.35. The zero-order valence-electron chi connectivity index (χ0n) is 19.9. The van der Waals surface area contributed by atoms with Crippen LogP contribution >= 0.6 is 0 Å². The molecular weight excluding hydrogens is 403 g/mol. The molecule has 0 saturated carbocycles. The van der Waals surface area contributed by atoms with Crippen LogP contribution in [0.4, 0.5) is 10.2 Å². The van der Waals surface area contributed by atoms with Crippen LogP contribution in [0.1, 0.15) is 74.5 Å². The van der Waals surface area contributed by atoms with Gasteiger partial charge in [0, 0.05) is 50.3 Å². The highest BCUT2D eigenvalue weighted by Crippen LogP contribution is 2.25. The molecule has 5 nitrogen and oxygen atoms in total. The second kappa shape index (κ2) is 11.9. The lowest BCUT2D eigenvalue weighted by atomic mass is 10.0. The molecule has 0 spiro atoms. The van der Waals surface area contributed by atoms with Crippen LogP contribution < -0.4 is 4.90 Å². The topological polar surface area (TPSA) is 49.3 Å². The van der Waals surface area contributed by atoms with Crippen LogP contribution in [0.5, 0.6) is 0 Å². The molecule has 0 aliphatic carbocycles. The van der Waals surface area contributed by atoms with Gasteiger partial charge in [0.05, 0.1) is 0 Å². The van der Waals surface area contributed by atoms with Gasteiger partial charge in [-0.3, -0.25) is 4.79 Å². The highest BCUT2D eigenvalue weighted by Gasteiger charge is 2.23. The fourth-order valence-electron chi connectivity index (χ4n) is 4.45. The summed E-state index contributed by atoms with van der Waals surface area (Å²) in [4.78, 5) is 26.4. The van der Waals surface area contributed by atoms with Crippen LogP contribution in [-0.2, 0) is 11.2 Å². The van der Waals surface area contributed by atoms with Gasteiger partial charge in [-0.15, -0.1) is 0 Å². The standard InChI is InChI=1S/C26H37FN4O/c1-4-5-6-7-8-13-25(32)30-14-10-15-31(17-16-30)26-24(20(2)28-21(3)29-26)19-22-11-9-12-23(27)18-22/h9,11-12,18H,4-8,10,13-17,19H2,1-3H3. The fourth-order valence-corrected chi connectivity index (χ4v) is 4.45. The maximum absolute atomic E-state index is 13.7. The number of halogens is 1. The first kappa shape index (κ1) is 24.1. The molecule has 0 atom stereocenters. The van der Waals surface area contributed by atoms with Crippen molar-refractivity contribution in [3.63, 3.8) is 0 Å². The smallest absolute Gasteiger partial charge is 0.222 e. The lowest BCUT2D eigenvalue weighted by Gasteiger charge is -2.26. The van der Waals surface area contributed by atoms with Crippen molar-refractivity contribution in [1.29, 1.82) is 0 Å². The van der Waals surface area contributed by atoms with E-state index in [-0.39, 0.29) is 11.7 Å². The Morgan fingerprint density at radius 1 is 1.03 bits per heavy atom. The van der Waals surface area contributed by atoms with Gasteiger partial charge in [-0.2, -0.15) is 0 Å². The van der Waals surface area contributed by atoms with Gasteiger partial charge in [0.1, 0.15) is 17.5 Å². The number of nitrogens with zero attached hydrogens (tertiary/aromatic N) is 4. The van der Waals surface area contributed by atoms with E-state index in [0.29, 0.717) is 12.8 Å². The molecule has 6 heteroatoms. The normalized spacial score (nSPS) is 14.5. The first-order chi connectivity index (χ1) is 15.5. The molecule has 0 N–H and O–H groups in total. The molecule has 1 aliphatic heterocycles. The molecular formula is C26H37FN4O. The van der Waals surface area contributed by atoms with Crippen LogP contribution in [0.2, 0.25) is 0 Å². The quantitative estimate of drug-likeness (QED) is 0.502. The average molecular weight is 441 g/mol. The summed E-state index contributed by atoms with van der Waals surface area (Å²) < 4.78 is 13.7. The number of amides is 1. The Morgan fingerprint density at radius 3 is 2.62 bits per heavy atom. The Bertz CT molecular complexity index is 901. The van der Waals surface area contributed by atoms with Crippen molar-refractivity contribution in [2.24, 2.45) is 0 Å². The summed E-state index contributed by atoms with van der Waals surface area (Å²) in [5.74, 6) is 1.71. The summed E-state index contributed by atoms with van der Waals surface area (Å²) in [5, 5.41) is 0. The minimum Gasteiger partial charge on any atom is -0.354 e. The third kappa shape index (κ3) is 6.75. The Labute approximate surface area is 192 Å². The van der Waals surface area contributed by atoms with Crippen molar-refractivity contribution in [2.45, 2.75) is 72.1 Å². The predicted octanol–water partition coefficient (Wildman–Crippen LogP) is 5.22. The monoisotopic (exact) mass is 440 g/mol. The van der Waals surface area contributed by atoms with Crippen molar-refractivity contribution in [1.82, 2.24) is 14.9 Å². The summed E-state index contributed by atoms with van der Waals surface area (Å²) in [5.41, 5.74) is 2.88. The molecule has 32 heavy (non-hydrogen) atoms. The van der Waals surface area contributed by atoms with E-state index in [9.17, 15) is 9.18 Å². The number of carbonyl (C=O) groups excluding carboxylic acids is 1. The number of hydrogen-bond donors (Lipinski definition) is 0. The largest absolute Gasteiger partial charge is 0.354 e. The molecule has 1 amide bonds. The third-order valence-corrected chi connectivity index (χ3v) is 6.22. The number of carbonyl (C=O) groups is 1. The number of aromatic nitrogens is 2. The Kier molecular flexibility index (Phi) is 9.00. The summed E-state index contributed by atoms with van der Waals surface area (Å²) in [7, 11) is 0. The van der Waals surface area contributed by atoms with E-state index in [1.165, 1.54) is 25.3 Å². The molecule has 3 rings (SSSR count). The first-order valence-electron chi connectivity index (χ1n) is 12.1. The fraction of sp³-hybridized carbons (Fsp3) is 0.577. The van der Waals surface area contributed by atoms with Gasteiger partial charge in [0.25, 0.3) is 0 Å². The van der Waals surface area contributed by atoms with Crippen molar-refractivity contribution in [2.75, 3.05) is 31.1 Å². The van der Waals surface area contributed by atoms with Crippen molar-refractivity contribution in [3.8, 4) is 0 Å². The first-order valence-corrected chi connectivity index (χ1v) is 12.1. The zero-order chi connectivity index (χ0) is 22.9. The van der Waals surface area contributed by atoms with Gasteiger partial charge < -0.3 is 9.80 Å². The van der Waals surface area contributed by atoms with Gasteiger partial charge in [-0.25, -0.2) is 14.4 Å². The molecule has 1 saturated heterocycles. The van der Waals surface area contributed by atoms with E-state index in [1.54, 1.807) is 12.1 Å². The SMILES string of the molecule is CCCCCCCC(=O)N1CCCN(c2nc(C)nc(C)c2Cc2cccc(F)c2)CC1. The van der Waals surface area contributed by atoms with Crippen LogP contribution in [0.3, 0.4) is 0 Å². The van der Waals surface area contributed by atoms with E-state index in [1.807, 2.05) is 24.8 Å². The van der Waals surface area contributed by atoms with Crippen LogP contribution in [-0.4, -0.2) is 47.0 Å². The Hall–Kier alpha value is -2.50. The highest BCUT2D eigenvalue weighted by atomic mass is 19.1. The third-order valence-electron chi connectivity index (χ3n) is 6.22. The second-order valence-corrected chi connectivity index (χ2v) is 8.85. The maximum Gasteiger partial charge on any atom is 0.222 e. The molecule has 0 bridgehead atoms. The van der Waals surface area contributed by atoms with Crippen LogP contribution in [0.15, 0.2) is 24.3 Å².